The third-order valence-corrected chi connectivity index (χ3v) is 4.68. The molecule has 0 aliphatic heterocycles. The van der Waals surface area contributed by atoms with Crippen molar-refractivity contribution in [3.63, 3.8) is 0 Å². The van der Waals surface area contributed by atoms with Crippen LogP contribution in [0.4, 0.5) is 15.8 Å². The molecule has 0 N–H and O–H groups in total. The van der Waals surface area contributed by atoms with Crippen molar-refractivity contribution >= 4 is 33.1 Å². The summed E-state index contributed by atoms with van der Waals surface area (Å²) in [7, 11) is -4.60. The Balaban J connectivity index is 2.50. The van der Waals surface area contributed by atoms with Crippen LogP contribution in [0.2, 0.25) is 5.02 Å². The largest absolute Gasteiger partial charge is 0.377 e. The maximum Gasteiger partial charge on any atom is 0.339 e. The highest BCUT2D eigenvalue weighted by molar-refractivity contribution is 7.87. The van der Waals surface area contributed by atoms with Crippen molar-refractivity contribution in [1.82, 2.24) is 0 Å². The number of nitro benzene ring substituents is 2. The molecule has 0 saturated heterocycles. The predicted molar refractivity (Wildman–Crippen MR) is 83.7 cm³/mol. The van der Waals surface area contributed by atoms with Gasteiger partial charge in [-0.1, -0.05) is 17.7 Å². The van der Waals surface area contributed by atoms with Crippen molar-refractivity contribution in [2.24, 2.45) is 0 Å². The molecule has 0 fully saturated rings. The highest BCUT2D eigenvalue weighted by Crippen LogP contribution is 2.37. The minimum Gasteiger partial charge on any atom is -0.377 e. The quantitative estimate of drug-likeness (QED) is 0.434. The fourth-order valence-corrected chi connectivity index (χ4v) is 3.13. The molecule has 0 aliphatic carbocycles. The van der Waals surface area contributed by atoms with E-state index < -0.39 is 52.8 Å². The second-order valence-electron chi connectivity index (χ2n) is 4.71. The number of hydrogen-bond donors (Lipinski definition) is 0. The van der Waals surface area contributed by atoms with Crippen LogP contribution in [-0.4, -0.2) is 18.3 Å². The van der Waals surface area contributed by atoms with E-state index in [1.807, 2.05) is 0 Å². The van der Waals surface area contributed by atoms with Crippen LogP contribution in [0.5, 0.6) is 5.75 Å². The van der Waals surface area contributed by atoms with Gasteiger partial charge in [0, 0.05) is 11.6 Å². The Morgan fingerprint density at radius 2 is 1.76 bits per heavy atom. The summed E-state index contributed by atoms with van der Waals surface area (Å²) in [5.74, 6) is -1.95. The number of nitro groups is 2. The van der Waals surface area contributed by atoms with E-state index in [9.17, 15) is 33.0 Å². The predicted octanol–water partition coefficient (Wildman–Crippen LogP) is 3.37. The van der Waals surface area contributed by atoms with Gasteiger partial charge in [-0.15, -0.1) is 0 Å². The maximum atomic E-state index is 13.4. The first-order valence-electron chi connectivity index (χ1n) is 6.36. The van der Waals surface area contributed by atoms with E-state index in [0.29, 0.717) is 6.07 Å². The first kappa shape index (κ1) is 18.5. The van der Waals surface area contributed by atoms with E-state index in [1.165, 1.54) is 13.0 Å². The van der Waals surface area contributed by atoms with Crippen LogP contribution in [-0.2, 0) is 10.1 Å². The van der Waals surface area contributed by atoms with Gasteiger partial charge in [0.05, 0.1) is 9.85 Å². The average Bonchev–Trinajstić information content (AvgIpc) is 2.49. The van der Waals surface area contributed by atoms with Crippen molar-refractivity contribution in [3.8, 4) is 5.75 Å². The molecule has 0 heterocycles. The van der Waals surface area contributed by atoms with Crippen molar-refractivity contribution in [2.45, 2.75) is 11.8 Å². The molecule has 9 nitrogen and oxygen atoms in total. The lowest BCUT2D eigenvalue weighted by molar-refractivity contribution is -0.387. The van der Waals surface area contributed by atoms with Crippen LogP contribution in [0.1, 0.15) is 5.56 Å². The summed E-state index contributed by atoms with van der Waals surface area (Å²) in [6.07, 6.45) is 0. The molecule has 0 spiro atoms. The number of aryl methyl sites for hydroxylation is 1. The smallest absolute Gasteiger partial charge is 0.339 e. The fourth-order valence-electron chi connectivity index (χ4n) is 1.86. The molecule has 132 valence electrons. The van der Waals surface area contributed by atoms with E-state index >= 15 is 0 Å². The zero-order valence-corrected chi connectivity index (χ0v) is 13.9. The zero-order chi connectivity index (χ0) is 18.9. The molecule has 0 aromatic heterocycles. The van der Waals surface area contributed by atoms with Gasteiger partial charge in [0.2, 0.25) is 5.82 Å². The maximum absolute atomic E-state index is 13.4. The first-order chi connectivity index (χ1) is 11.5. The topological polar surface area (TPSA) is 130 Å². The molecular formula is C13H8ClFN2O7S. The average molecular weight is 391 g/mol. The third-order valence-electron chi connectivity index (χ3n) is 3.08. The molecular weight excluding hydrogens is 383 g/mol. The minimum absolute atomic E-state index is 0.222. The molecule has 2 rings (SSSR count). The van der Waals surface area contributed by atoms with Gasteiger partial charge in [-0.05, 0) is 25.1 Å². The molecule has 12 heteroatoms. The second kappa shape index (κ2) is 6.61. The third kappa shape index (κ3) is 3.67. The molecule has 0 unspecified atom stereocenters. The van der Waals surface area contributed by atoms with Crippen LogP contribution < -0.4 is 4.18 Å². The number of benzene rings is 2. The number of halogens is 2. The zero-order valence-electron chi connectivity index (χ0n) is 12.3. The summed E-state index contributed by atoms with van der Waals surface area (Å²) in [6.45, 7) is 1.41. The lowest BCUT2D eigenvalue weighted by Crippen LogP contribution is -2.11. The second-order valence-corrected chi connectivity index (χ2v) is 6.63. The lowest BCUT2D eigenvalue weighted by atomic mass is 10.2. The lowest BCUT2D eigenvalue weighted by Gasteiger charge is -2.09. The van der Waals surface area contributed by atoms with Crippen molar-refractivity contribution in [2.75, 3.05) is 0 Å². The minimum atomic E-state index is -4.60. The van der Waals surface area contributed by atoms with E-state index in [4.69, 9.17) is 11.6 Å². The van der Waals surface area contributed by atoms with Gasteiger partial charge in [0.1, 0.15) is 4.90 Å². The summed E-state index contributed by atoms with van der Waals surface area (Å²) in [4.78, 5) is 19.2. The van der Waals surface area contributed by atoms with Crippen LogP contribution in [0, 0.1) is 33.0 Å². The first-order valence-corrected chi connectivity index (χ1v) is 8.15. The Bertz CT molecular complexity index is 994. The summed E-state index contributed by atoms with van der Waals surface area (Å²) in [5, 5.41) is 20.8. The molecule has 0 aliphatic rings. The van der Waals surface area contributed by atoms with Gasteiger partial charge >= 0.3 is 15.8 Å². The van der Waals surface area contributed by atoms with Gasteiger partial charge in [-0.25, -0.2) is 0 Å². The summed E-state index contributed by atoms with van der Waals surface area (Å²) in [5.41, 5.74) is -1.38. The van der Waals surface area contributed by atoms with Gasteiger partial charge in [-0.2, -0.15) is 12.8 Å². The van der Waals surface area contributed by atoms with Gasteiger partial charge in [-0.3, -0.25) is 20.2 Å². The molecule has 2 aromatic carbocycles. The van der Waals surface area contributed by atoms with E-state index in [2.05, 4.69) is 4.18 Å². The molecule has 0 atom stereocenters. The van der Waals surface area contributed by atoms with Crippen LogP contribution >= 0.6 is 11.6 Å². The van der Waals surface area contributed by atoms with Crippen LogP contribution in [0.25, 0.3) is 0 Å². The summed E-state index contributed by atoms with van der Waals surface area (Å²) in [6, 6.07) is 4.44. The molecule has 0 amide bonds. The Morgan fingerprint density at radius 1 is 1.12 bits per heavy atom. The van der Waals surface area contributed by atoms with Crippen molar-refractivity contribution in [3.05, 3.63) is 67.0 Å². The normalized spacial score (nSPS) is 11.2. The summed E-state index contributed by atoms with van der Waals surface area (Å²) >= 11 is 5.63. The Labute approximate surface area is 145 Å². The van der Waals surface area contributed by atoms with E-state index in [-0.39, 0.29) is 5.56 Å². The number of nitrogens with zero attached hydrogens (tertiary/aromatic N) is 2. The molecule has 0 saturated carbocycles. The number of rotatable bonds is 5. The SMILES string of the molecule is Cc1ccc(S(=O)(=O)Oc2ccc(F)c([N+](=O)[O-])c2Cl)cc1[N+](=O)[O-]. The molecule has 25 heavy (non-hydrogen) atoms. The van der Waals surface area contributed by atoms with Crippen molar-refractivity contribution < 1.29 is 26.8 Å². The molecule has 2 aromatic rings. The van der Waals surface area contributed by atoms with Crippen LogP contribution in [0.3, 0.4) is 0 Å². The standard InChI is InChI=1S/C13H8ClFN2O7S/c1-7-2-3-8(6-10(7)16(18)19)25(22,23)24-11-5-4-9(15)13(12(11)14)17(20)21/h2-6H,1H3. The Morgan fingerprint density at radius 3 is 2.32 bits per heavy atom. The van der Waals surface area contributed by atoms with Gasteiger partial charge < -0.3 is 4.18 Å². The van der Waals surface area contributed by atoms with Gasteiger partial charge in [0.15, 0.2) is 10.8 Å². The van der Waals surface area contributed by atoms with Crippen molar-refractivity contribution in [1.29, 1.82) is 0 Å². The highest BCUT2D eigenvalue weighted by Gasteiger charge is 2.28. The fraction of sp³-hybridized carbons (Fsp3) is 0.0769. The number of hydrogen-bond acceptors (Lipinski definition) is 7. The van der Waals surface area contributed by atoms with E-state index in [0.717, 1.165) is 18.2 Å². The monoisotopic (exact) mass is 390 g/mol. The Hall–Kier alpha value is -2.79. The summed E-state index contributed by atoms with van der Waals surface area (Å²) < 4.78 is 42.6. The molecule has 0 bridgehead atoms. The Kier molecular flexibility index (Phi) is 4.90. The van der Waals surface area contributed by atoms with Gasteiger partial charge in [0.25, 0.3) is 5.69 Å². The van der Waals surface area contributed by atoms with E-state index in [1.54, 1.807) is 0 Å². The molecule has 0 radical (unpaired) electrons. The van der Waals surface area contributed by atoms with Crippen LogP contribution in [0.15, 0.2) is 35.2 Å². The highest BCUT2D eigenvalue weighted by atomic mass is 35.5.